The zero-order valence-corrected chi connectivity index (χ0v) is 14.8. The molecule has 0 unspecified atom stereocenters. The number of thioether (sulfide) groups is 1. The standard InChI is InChI=1S/C19H18N2O3S/c1-3-23-16-11-9-14(10-12-16)17(22)13(2)25-19-21-20-18(24-19)15-7-5-4-6-8-15/h4-13H,3H2,1-2H3/t13-/m0/s1. The van der Waals surface area contributed by atoms with Crippen LogP contribution in [0.5, 0.6) is 5.75 Å². The number of hydrogen-bond acceptors (Lipinski definition) is 6. The van der Waals surface area contributed by atoms with Crippen LogP contribution in [0, 0.1) is 0 Å². The van der Waals surface area contributed by atoms with Gasteiger partial charge < -0.3 is 9.15 Å². The summed E-state index contributed by atoms with van der Waals surface area (Å²) in [4.78, 5) is 12.5. The van der Waals surface area contributed by atoms with Gasteiger partial charge in [-0.15, -0.1) is 10.2 Å². The molecule has 0 spiro atoms. The van der Waals surface area contributed by atoms with Crippen molar-refractivity contribution in [3.8, 4) is 17.2 Å². The van der Waals surface area contributed by atoms with Gasteiger partial charge in [-0.2, -0.15) is 0 Å². The number of aromatic nitrogens is 2. The second kappa shape index (κ2) is 7.98. The third-order valence-corrected chi connectivity index (χ3v) is 4.46. The molecule has 1 heterocycles. The maximum Gasteiger partial charge on any atom is 0.277 e. The van der Waals surface area contributed by atoms with Gasteiger partial charge in [-0.3, -0.25) is 4.79 Å². The first-order valence-electron chi connectivity index (χ1n) is 8.00. The molecule has 0 saturated heterocycles. The van der Waals surface area contributed by atoms with Crippen LogP contribution in [0.3, 0.4) is 0 Å². The molecule has 25 heavy (non-hydrogen) atoms. The average Bonchev–Trinajstić information content (AvgIpc) is 3.11. The number of carbonyl (C=O) groups is 1. The zero-order chi connectivity index (χ0) is 17.6. The number of benzene rings is 2. The minimum absolute atomic E-state index is 0.00695. The van der Waals surface area contributed by atoms with E-state index in [0.29, 0.717) is 23.3 Å². The lowest BCUT2D eigenvalue weighted by Crippen LogP contribution is -2.13. The maximum atomic E-state index is 12.5. The molecular formula is C19H18N2O3S. The van der Waals surface area contributed by atoms with Crippen molar-refractivity contribution in [1.29, 1.82) is 0 Å². The van der Waals surface area contributed by atoms with Gasteiger partial charge in [-0.1, -0.05) is 30.0 Å². The highest BCUT2D eigenvalue weighted by atomic mass is 32.2. The Morgan fingerprint density at radius 1 is 1.12 bits per heavy atom. The summed E-state index contributed by atoms with van der Waals surface area (Å²) in [7, 11) is 0. The Balaban J connectivity index is 1.66. The fourth-order valence-electron chi connectivity index (χ4n) is 2.28. The van der Waals surface area contributed by atoms with Crippen molar-refractivity contribution >= 4 is 17.5 Å². The van der Waals surface area contributed by atoms with Gasteiger partial charge >= 0.3 is 0 Å². The van der Waals surface area contributed by atoms with E-state index in [2.05, 4.69) is 10.2 Å². The van der Waals surface area contributed by atoms with Crippen LogP contribution in [0.2, 0.25) is 0 Å². The molecule has 0 N–H and O–H groups in total. The largest absolute Gasteiger partial charge is 0.494 e. The van der Waals surface area contributed by atoms with Gasteiger partial charge in [0.15, 0.2) is 5.78 Å². The topological polar surface area (TPSA) is 65.2 Å². The molecule has 0 aliphatic heterocycles. The molecule has 0 radical (unpaired) electrons. The SMILES string of the molecule is CCOc1ccc(C(=O)[C@H](C)Sc2nnc(-c3ccccc3)o2)cc1. The van der Waals surface area contributed by atoms with Crippen molar-refractivity contribution in [3.05, 3.63) is 60.2 Å². The van der Waals surface area contributed by atoms with Crippen LogP contribution < -0.4 is 4.74 Å². The van der Waals surface area contributed by atoms with E-state index in [9.17, 15) is 4.79 Å². The van der Waals surface area contributed by atoms with Gasteiger partial charge in [0.25, 0.3) is 5.22 Å². The number of hydrogen-bond donors (Lipinski definition) is 0. The molecule has 0 bridgehead atoms. The van der Waals surface area contributed by atoms with Gasteiger partial charge in [0.05, 0.1) is 11.9 Å². The molecule has 5 nitrogen and oxygen atoms in total. The van der Waals surface area contributed by atoms with E-state index in [1.807, 2.05) is 44.2 Å². The van der Waals surface area contributed by atoms with E-state index in [1.165, 1.54) is 11.8 Å². The van der Waals surface area contributed by atoms with E-state index >= 15 is 0 Å². The molecule has 0 fully saturated rings. The second-order valence-electron chi connectivity index (χ2n) is 5.32. The van der Waals surface area contributed by atoms with E-state index in [0.717, 1.165) is 11.3 Å². The normalized spacial score (nSPS) is 11.9. The molecule has 1 aromatic heterocycles. The fraction of sp³-hybridized carbons (Fsp3) is 0.211. The van der Waals surface area contributed by atoms with Crippen LogP contribution in [0.1, 0.15) is 24.2 Å². The number of ether oxygens (including phenoxy) is 1. The zero-order valence-electron chi connectivity index (χ0n) is 14.0. The van der Waals surface area contributed by atoms with Crippen molar-refractivity contribution in [2.75, 3.05) is 6.61 Å². The summed E-state index contributed by atoms with van der Waals surface area (Å²) < 4.78 is 11.0. The highest BCUT2D eigenvalue weighted by molar-refractivity contribution is 8.00. The van der Waals surface area contributed by atoms with Gasteiger partial charge in [-0.25, -0.2) is 0 Å². The minimum atomic E-state index is -0.331. The molecule has 6 heteroatoms. The smallest absolute Gasteiger partial charge is 0.277 e. The van der Waals surface area contributed by atoms with Gasteiger partial charge in [0.2, 0.25) is 5.89 Å². The Labute approximate surface area is 150 Å². The van der Waals surface area contributed by atoms with Crippen molar-refractivity contribution in [1.82, 2.24) is 10.2 Å². The fourth-order valence-corrected chi connectivity index (χ4v) is 3.04. The number of Topliss-reactive ketones (excluding diaryl/α,β-unsaturated/α-hetero) is 1. The lowest BCUT2D eigenvalue weighted by molar-refractivity contribution is 0.0993. The first-order valence-corrected chi connectivity index (χ1v) is 8.88. The average molecular weight is 354 g/mol. The summed E-state index contributed by atoms with van der Waals surface area (Å²) in [6, 6.07) is 16.7. The van der Waals surface area contributed by atoms with Crippen molar-refractivity contribution in [3.63, 3.8) is 0 Å². The molecule has 0 aliphatic carbocycles. The number of rotatable bonds is 7. The predicted octanol–water partition coefficient (Wildman–Crippen LogP) is 4.50. The van der Waals surface area contributed by atoms with Crippen LogP contribution in [0.15, 0.2) is 64.2 Å². The molecule has 128 valence electrons. The number of nitrogens with zero attached hydrogens (tertiary/aromatic N) is 2. The quantitative estimate of drug-likeness (QED) is 0.460. The molecule has 0 aliphatic rings. The second-order valence-corrected chi connectivity index (χ2v) is 6.61. The van der Waals surface area contributed by atoms with Crippen LogP contribution in [-0.2, 0) is 0 Å². The Bertz CT molecular complexity index is 831. The summed E-state index contributed by atoms with van der Waals surface area (Å²) in [6.45, 7) is 4.35. The van der Waals surface area contributed by atoms with Gasteiger partial charge in [0.1, 0.15) is 5.75 Å². The van der Waals surface area contributed by atoms with Crippen LogP contribution in [0.4, 0.5) is 0 Å². The lowest BCUT2D eigenvalue weighted by Gasteiger charge is -2.08. The van der Waals surface area contributed by atoms with Gasteiger partial charge in [-0.05, 0) is 50.2 Å². The molecular weight excluding hydrogens is 336 g/mol. The molecule has 0 amide bonds. The highest BCUT2D eigenvalue weighted by Gasteiger charge is 2.20. The minimum Gasteiger partial charge on any atom is -0.494 e. The maximum absolute atomic E-state index is 12.5. The Morgan fingerprint density at radius 3 is 2.52 bits per heavy atom. The summed E-state index contributed by atoms with van der Waals surface area (Å²) >= 11 is 1.26. The number of ketones is 1. The highest BCUT2D eigenvalue weighted by Crippen LogP contribution is 2.28. The van der Waals surface area contributed by atoms with E-state index < -0.39 is 0 Å². The van der Waals surface area contributed by atoms with E-state index in [1.54, 1.807) is 24.3 Å². The summed E-state index contributed by atoms with van der Waals surface area (Å²) in [5, 5.41) is 8.11. The van der Waals surface area contributed by atoms with Crippen LogP contribution >= 0.6 is 11.8 Å². The van der Waals surface area contributed by atoms with Crippen LogP contribution in [0.25, 0.3) is 11.5 Å². The predicted molar refractivity (Wildman–Crippen MR) is 97.0 cm³/mol. The molecule has 3 aromatic rings. The Hall–Kier alpha value is -2.60. The van der Waals surface area contributed by atoms with E-state index in [-0.39, 0.29) is 11.0 Å². The third kappa shape index (κ3) is 4.28. The summed E-state index contributed by atoms with van der Waals surface area (Å²) in [5.41, 5.74) is 1.48. The molecule has 1 atom stereocenters. The first-order chi connectivity index (χ1) is 12.2. The Morgan fingerprint density at radius 2 is 1.84 bits per heavy atom. The molecule has 3 rings (SSSR count). The van der Waals surface area contributed by atoms with Gasteiger partial charge in [0, 0.05) is 11.1 Å². The summed E-state index contributed by atoms with van der Waals surface area (Å²) in [5.74, 6) is 1.21. The Kier molecular flexibility index (Phi) is 5.50. The molecule has 0 saturated carbocycles. The lowest BCUT2D eigenvalue weighted by atomic mass is 10.1. The number of carbonyl (C=O) groups excluding carboxylic acids is 1. The van der Waals surface area contributed by atoms with E-state index in [4.69, 9.17) is 9.15 Å². The third-order valence-electron chi connectivity index (χ3n) is 3.52. The van der Waals surface area contributed by atoms with Crippen molar-refractivity contribution in [2.24, 2.45) is 0 Å². The first kappa shape index (κ1) is 17.2. The molecule has 2 aromatic carbocycles. The summed E-state index contributed by atoms with van der Waals surface area (Å²) in [6.07, 6.45) is 0. The monoisotopic (exact) mass is 354 g/mol. The van der Waals surface area contributed by atoms with Crippen molar-refractivity contribution in [2.45, 2.75) is 24.3 Å². The van der Waals surface area contributed by atoms with Crippen LogP contribution in [-0.4, -0.2) is 27.8 Å². The van der Waals surface area contributed by atoms with Crippen molar-refractivity contribution < 1.29 is 13.9 Å².